The molecule has 0 radical (unpaired) electrons. The molecule has 0 saturated carbocycles. The van der Waals surface area contributed by atoms with Crippen LogP contribution in [0.2, 0.25) is 0 Å². The van der Waals surface area contributed by atoms with Crippen LogP contribution in [0.15, 0.2) is 36.4 Å². The predicted molar refractivity (Wildman–Crippen MR) is 109 cm³/mol. The summed E-state index contributed by atoms with van der Waals surface area (Å²) in [5, 5.41) is 3.19. The Hall–Kier alpha value is -2.69. The number of rotatable bonds is 6. The minimum absolute atomic E-state index is 0.0324. The molecule has 5 heteroatoms. The summed E-state index contributed by atoms with van der Waals surface area (Å²) in [6, 6.07) is 11.7. The molecule has 2 aromatic rings. The lowest BCUT2D eigenvalue weighted by Gasteiger charge is -2.38. The fraction of sp³-hybridized carbons (Fsp3) is 0.435. The van der Waals surface area contributed by atoms with Crippen molar-refractivity contribution in [3.63, 3.8) is 0 Å². The van der Waals surface area contributed by atoms with Crippen molar-refractivity contribution in [1.29, 1.82) is 0 Å². The predicted octanol–water partition coefficient (Wildman–Crippen LogP) is 4.36. The zero-order valence-electron chi connectivity index (χ0n) is 17.3. The molecule has 1 amide bonds. The van der Waals surface area contributed by atoms with Gasteiger partial charge in [0.2, 0.25) is 5.91 Å². The van der Waals surface area contributed by atoms with E-state index in [2.05, 4.69) is 11.4 Å². The van der Waals surface area contributed by atoms with E-state index < -0.39 is 0 Å². The number of carbonyl (C=O) groups excluding carboxylic acids is 1. The lowest BCUT2D eigenvalue weighted by Crippen LogP contribution is -2.41. The normalized spacial score (nSPS) is 17.2. The summed E-state index contributed by atoms with van der Waals surface area (Å²) in [6.07, 6.45) is 1.83. The van der Waals surface area contributed by atoms with Gasteiger partial charge in [0, 0.05) is 18.4 Å². The Morgan fingerprint density at radius 2 is 1.96 bits per heavy atom. The molecule has 150 valence electrons. The van der Waals surface area contributed by atoms with Gasteiger partial charge in [-0.2, -0.15) is 0 Å². The Morgan fingerprint density at radius 1 is 1.18 bits per heavy atom. The van der Waals surface area contributed by atoms with Gasteiger partial charge in [-0.25, -0.2) is 0 Å². The van der Waals surface area contributed by atoms with Crippen LogP contribution < -0.4 is 19.5 Å². The number of carbonyl (C=O) groups is 1. The third kappa shape index (κ3) is 4.58. The monoisotopic (exact) mass is 383 g/mol. The summed E-state index contributed by atoms with van der Waals surface area (Å²) in [7, 11) is 3.30. The zero-order chi connectivity index (χ0) is 20.3. The van der Waals surface area contributed by atoms with Gasteiger partial charge in [0.05, 0.1) is 20.3 Å². The Morgan fingerprint density at radius 3 is 2.64 bits per heavy atom. The minimum atomic E-state index is -0.341. The number of ether oxygens (including phenoxy) is 3. The van der Waals surface area contributed by atoms with Gasteiger partial charge in [-0.3, -0.25) is 4.79 Å². The molecule has 1 N–H and O–H groups in total. The van der Waals surface area contributed by atoms with Crippen LogP contribution in [0.4, 0.5) is 0 Å². The van der Waals surface area contributed by atoms with Crippen molar-refractivity contribution in [1.82, 2.24) is 5.32 Å². The van der Waals surface area contributed by atoms with Crippen molar-refractivity contribution in [2.75, 3.05) is 14.2 Å². The van der Waals surface area contributed by atoms with Crippen molar-refractivity contribution >= 4 is 5.91 Å². The molecule has 2 aromatic carbocycles. The van der Waals surface area contributed by atoms with Crippen molar-refractivity contribution < 1.29 is 19.0 Å². The van der Waals surface area contributed by atoms with Gasteiger partial charge in [0.15, 0.2) is 0 Å². The van der Waals surface area contributed by atoms with Crippen molar-refractivity contribution in [3.8, 4) is 17.2 Å². The first-order chi connectivity index (χ1) is 13.3. The number of nitrogens with one attached hydrogen (secondary N) is 1. The van der Waals surface area contributed by atoms with Gasteiger partial charge in [-0.1, -0.05) is 12.1 Å². The zero-order valence-corrected chi connectivity index (χ0v) is 17.3. The van der Waals surface area contributed by atoms with Crippen LogP contribution in [0, 0.1) is 6.92 Å². The molecule has 1 heterocycles. The molecular weight excluding hydrogens is 354 g/mol. The lowest BCUT2D eigenvalue weighted by molar-refractivity contribution is -0.122. The van der Waals surface area contributed by atoms with Gasteiger partial charge in [-0.05, 0) is 62.6 Å². The summed E-state index contributed by atoms with van der Waals surface area (Å²) in [5.41, 5.74) is 2.83. The maximum Gasteiger partial charge on any atom is 0.220 e. The Balaban J connectivity index is 1.69. The van der Waals surface area contributed by atoms with E-state index in [0.29, 0.717) is 19.3 Å². The molecule has 28 heavy (non-hydrogen) atoms. The molecule has 0 aliphatic carbocycles. The van der Waals surface area contributed by atoms with Crippen LogP contribution in [0.1, 0.15) is 49.4 Å². The third-order valence-corrected chi connectivity index (χ3v) is 5.11. The van der Waals surface area contributed by atoms with E-state index in [1.165, 1.54) is 0 Å². The molecule has 0 aromatic heterocycles. The summed E-state index contributed by atoms with van der Waals surface area (Å²) >= 11 is 0. The second-order valence-electron chi connectivity index (χ2n) is 7.89. The molecule has 1 aliphatic heterocycles. The van der Waals surface area contributed by atoms with E-state index in [1.54, 1.807) is 14.2 Å². The van der Waals surface area contributed by atoms with E-state index in [4.69, 9.17) is 14.2 Å². The number of aryl methyl sites for hydroxylation is 2. The van der Waals surface area contributed by atoms with E-state index in [0.717, 1.165) is 33.9 Å². The first-order valence-electron chi connectivity index (χ1n) is 9.61. The SMILES string of the molecule is COc1ccc2c(c1)C(NC(=O)CCc1ccc(OC)c(C)c1)CC(C)(C)O2. The highest BCUT2D eigenvalue weighted by Gasteiger charge is 2.34. The molecule has 1 atom stereocenters. The number of hydrogen-bond acceptors (Lipinski definition) is 4. The summed E-state index contributed by atoms with van der Waals surface area (Å²) in [5.74, 6) is 2.45. The quantitative estimate of drug-likeness (QED) is 0.805. The van der Waals surface area contributed by atoms with Gasteiger partial charge in [-0.15, -0.1) is 0 Å². The fourth-order valence-electron chi connectivity index (χ4n) is 3.71. The topological polar surface area (TPSA) is 56.8 Å². The number of benzene rings is 2. The Bertz CT molecular complexity index is 860. The van der Waals surface area contributed by atoms with Gasteiger partial charge in [0.25, 0.3) is 0 Å². The second-order valence-corrected chi connectivity index (χ2v) is 7.89. The molecule has 3 rings (SSSR count). The maximum atomic E-state index is 12.7. The molecule has 0 saturated heterocycles. The lowest BCUT2D eigenvalue weighted by atomic mass is 9.89. The number of methoxy groups -OCH3 is 2. The van der Waals surface area contributed by atoms with E-state index in [9.17, 15) is 4.79 Å². The van der Waals surface area contributed by atoms with E-state index >= 15 is 0 Å². The molecular formula is C23H29NO4. The van der Waals surface area contributed by atoms with Gasteiger partial charge < -0.3 is 19.5 Å². The minimum Gasteiger partial charge on any atom is -0.497 e. The average molecular weight is 383 g/mol. The smallest absolute Gasteiger partial charge is 0.220 e. The van der Waals surface area contributed by atoms with Crippen LogP contribution in [0.3, 0.4) is 0 Å². The highest BCUT2D eigenvalue weighted by Crippen LogP contribution is 2.41. The molecule has 1 aliphatic rings. The molecule has 1 unspecified atom stereocenters. The Labute approximate surface area is 167 Å². The number of amides is 1. The first-order valence-corrected chi connectivity index (χ1v) is 9.61. The average Bonchev–Trinajstić information content (AvgIpc) is 2.65. The number of hydrogen-bond donors (Lipinski definition) is 1. The second kappa shape index (κ2) is 8.13. The molecule has 0 fully saturated rings. The fourth-order valence-corrected chi connectivity index (χ4v) is 3.71. The van der Waals surface area contributed by atoms with Crippen molar-refractivity contribution in [3.05, 3.63) is 53.1 Å². The first kappa shape index (κ1) is 20.1. The van der Waals surface area contributed by atoms with Crippen LogP contribution in [0.25, 0.3) is 0 Å². The highest BCUT2D eigenvalue weighted by molar-refractivity contribution is 5.77. The summed E-state index contributed by atoms with van der Waals surface area (Å²) < 4.78 is 16.7. The third-order valence-electron chi connectivity index (χ3n) is 5.11. The molecule has 5 nitrogen and oxygen atoms in total. The van der Waals surface area contributed by atoms with Crippen LogP contribution in [-0.2, 0) is 11.2 Å². The van der Waals surface area contributed by atoms with Gasteiger partial charge in [0.1, 0.15) is 22.8 Å². The Kier molecular flexibility index (Phi) is 5.82. The van der Waals surface area contributed by atoms with Crippen molar-refractivity contribution in [2.45, 2.75) is 51.7 Å². The molecule has 0 bridgehead atoms. The summed E-state index contributed by atoms with van der Waals surface area (Å²) in [4.78, 5) is 12.7. The largest absolute Gasteiger partial charge is 0.497 e. The maximum absolute atomic E-state index is 12.7. The highest BCUT2D eigenvalue weighted by atomic mass is 16.5. The van der Waals surface area contributed by atoms with Crippen LogP contribution in [-0.4, -0.2) is 25.7 Å². The summed E-state index contributed by atoms with van der Waals surface area (Å²) in [6.45, 7) is 6.09. The van der Waals surface area contributed by atoms with Crippen LogP contribution >= 0.6 is 0 Å². The van der Waals surface area contributed by atoms with E-state index in [1.807, 2.05) is 51.1 Å². The standard InChI is InChI=1S/C23H29NO4/c1-15-12-16(6-9-20(15)27-5)7-11-22(25)24-19-14-23(2,3)28-21-10-8-17(26-4)13-18(19)21/h6,8-10,12-13,19H,7,11,14H2,1-5H3,(H,24,25). The van der Waals surface area contributed by atoms with Gasteiger partial charge >= 0.3 is 0 Å². The molecule has 0 spiro atoms. The van der Waals surface area contributed by atoms with E-state index in [-0.39, 0.29) is 17.6 Å². The van der Waals surface area contributed by atoms with Crippen LogP contribution in [0.5, 0.6) is 17.2 Å². The van der Waals surface area contributed by atoms with Crippen molar-refractivity contribution in [2.24, 2.45) is 0 Å². The number of fused-ring (bicyclic) bond motifs is 1.